The first kappa shape index (κ1) is 23.6. The Morgan fingerprint density at radius 1 is 1.18 bits per heavy atom. The van der Waals surface area contributed by atoms with Crippen molar-refractivity contribution in [1.29, 1.82) is 5.26 Å². The number of halogens is 4. The number of hydrogen-bond acceptors (Lipinski definition) is 7. The molecule has 11 heteroatoms. The number of fused-ring (bicyclic) bond motifs is 1. The number of hydrogen-bond donors (Lipinski definition) is 2. The topological polar surface area (TPSA) is 96.9 Å². The summed E-state index contributed by atoms with van der Waals surface area (Å²) in [7, 11) is 0. The molecule has 1 fully saturated rings. The Labute approximate surface area is 193 Å². The van der Waals surface area contributed by atoms with Crippen LogP contribution in [0.25, 0.3) is 0 Å². The third-order valence-electron chi connectivity index (χ3n) is 5.95. The second-order valence-electron chi connectivity index (χ2n) is 8.75. The summed E-state index contributed by atoms with van der Waals surface area (Å²) in [6, 6.07) is 7.99. The minimum Gasteiger partial charge on any atom is -0.386 e. The summed E-state index contributed by atoms with van der Waals surface area (Å²) < 4.78 is 54.5. The summed E-state index contributed by atoms with van der Waals surface area (Å²) in [5, 5.41) is 22.1. The van der Waals surface area contributed by atoms with Crippen LogP contribution >= 0.6 is 0 Å². The van der Waals surface area contributed by atoms with Gasteiger partial charge in [0.15, 0.2) is 0 Å². The molecule has 0 spiro atoms. The molecule has 2 unspecified atom stereocenters. The fourth-order valence-electron chi connectivity index (χ4n) is 4.19. The van der Waals surface area contributed by atoms with Crippen molar-refractivity contribution in [2.75, 3.05) is 23.3 Å². The van der Waals surface area contributed by atoms with Gasteiger partial charge in [0.05, 0.1) is 28.8 Å². The Morgan fingerprint density at radius 2 is 1.94 bits per heavy atom. The van der Waals surface area contributed by atoms with Gasteiger partial charge in [0.25, 0.3) is 0 Å². The number of benzene rings is 1. The van der Waals surface area contributed by atoms with Crippen LogP contribution in [0, 0.1) is 23.2 Å². The maximum atomic E-state index is 14.4. The van der Waals surface area contributed by atoms with Gasteiger partial charge in [0.1, 0.15) is 18.0 Å². The third-order valence-corrected chi connectivity index (χ3v) is 5.95. The number of alkyl halides is 3. The molecule has 3 heterocycles. The van der Waals surface area contributed by atoms with Gasteiger partial charge in [-0.2, -0.15) is 22.8 Å². The highest BCUT2D eigenvalue weighted by molar-refractivity contribution is 6.02. The molecular formula is C23H22F4N6O. The SMILES string of the molecule is CC(C)(O)c1ccc(NC2=NC=NC3CN(c4ccc(C#N)c(C(F)(F)F)c4)CCC23)nc1F. The van der Waals surface area contributed by atoms with E-state index in [0.29, 0.717) is 31.0 Å². The number of nitrogens with zero attached hydrogens (tertiary/aromatic N) is 5. The van der Waals surface area contributed by atoms with Gasteiger partial charge in [-0.25, -0.2) is 9.98 Å². The number of nitriles is 1. The largest absolute Gasteiger partial charge is 0.417 e. The van der Waals surface area contributed by atoms with Gasteiger partial charge < -0.3 is 15.3 Å². The van der Waals surface area contributed by atoms with E-state index in [2.05, 4.69) is 20.3 Å². The standard InChI is InChI=1S/C23H22F4N6O/c1-22(2,34)16-5-6-19(31-20(16)24)32-21-15-7-8-33(11-18(15)29-12-30-21)14-4-3-13(10-28)17(9-14)23(25,26)27/h3-6,9,12,15,18,34H,7-8,11H2,1-2H3,(H,29,30,31,32). The molecule has 0 aliphatic carbocycles. The molecule has 2 N–H and O–H groups in total. The zero-order valence-corrected chi connectivity index (χ0v) is 18.4. The quantitative estimate of drug-likeness (QED) is 0.516. The highest BCUT2D eigenvalue weighted by atomic mass is 19.4. The summed E-state index contributed by atoms with van der Waals surface area (Å²) in [6.07, 6.45) is -2.72. The van der Waals surface area contributed by atoms with Gasteiger partial charge in [0.2, 0.25) is 5.95 Å². The van der Waals surface area contributed by atoms with Crippen molar-refractivity contribution in [3.05, 3.63) is 53.0 Å². The van der Waals surface area contributed by atoms with Crippen molar-refractivity contribution in [2.45, 2.75) is 38.1 Å². The van der Waals surface area contributed by atoms with Crippen LogP contribution in [0.3, 0.4) is 0 Å². The Hall–Kier alpha value is -3.52. The summed E-state index contributed by atoms with van der Waals surface area (Å²) >= 11 is 0. The van der Waals surface area contributed by atoms with Crippen LogP contribution in [0.5, 0.6) is 0 Å². The van der Waals surface area contributed by atoms with Gasteiger partial charge in [0, 0.05) is 30.3 Å². The van der Waals surface area contributed by atoms with Gasteiger partial charge in [-0.1, -0.05) is 0 Å². The lowest BCUT2D eigenvalue weighted by molar-refractivity contribution is -0.137. The highest BCUT2D eigenvalue weighted by Gasteiger charge is 2.37. The summed E-state index contributed by atoms with van der Waals surface area (Å²) in [6.45, 7) is 3.72. The second-order valence-corrected chi connectivity index (χ2v) is 8.75. The zero-order chi connectivity index (χ0) is 24.7. The number of anilines is 2. The molecule has 1 aromatic carbocycles. The van der Waals surface area contributed by atoms with E-state index in [1.54, 1.807) is 17.0 Å². The first-order valence-corrected chi connectivity index (χ1v) is 10.6. The van der Waals surface area contributed by atoms with E-state index < -0.39 is 28.9 Å². The molecule has 2 aliphatic rings. The number of aliphatic hydroxyl groups is 1. The normalized spacial score (nSPS) is 20.4. The molecule has 2 atom stereocenters. The lowest BCUT2D eigenvalue weighted by Crippen LogP contribution is -2.48. The fraction of sp³-hybridized carbons (Fsp3) is 0.391. The van der Waals surface area contributed by atoms with Gasteiger partial charge >= 0.3 is 6.18 Å². The Balaban J connectivity index is 1.50. The Bertz CT molecular complexity index is 1200. The van der Waals surface area contributed by atoms with Crippen LogP contribution in [-0.2, 0) is 11.8 Å². The Kier molecular flexibility index (Phi) is 6.03. The molecule has 1 aromatic heterocycles. The maximum absolute atomic E-state index is 14.4. The van der Waals surface area contributed by atoms with Crippen LogP contribution in [0.15, 0.2) is 40.3 Å². The molecular weight excluding hydrogens is 452 g/mol. The van der Waals surface area contributed by atoms with E-state index in [1.165, 1.54) is 38.4 Å². The lowest BCUT2D eigenvalue weighted by Gasteiger charge is -2.39. The minimum atomic E-state index is -4.63. The molecule has 0 radical (unpaired) electrons. The number of amidine groups is 1. The molecule has 1 saturated heterocycles. The first-order chi connectivity index (χ1) is 16.0. The predicted octanol–water partition coefficient (Wildman–Crippen LogP) is 4.09. The fourth-order valence-corrected chi connectivity index (χ4v) is 4.19. The van der Waals surface area contributed by atoms with Crippen LogP contribution in [0.2, 0.25) is 0 Å². The van der Waals surface area contributed by atoms with Crippen molar-refractivity contribution in [1.82, 2.24) is 4.98 Å². The van der Waals surface area contributed by atoms with E-state index in [-0.39, 0.29) is 23.3 Å². The number of piperidine rings is 1. The van der Waals surface area contributed by atoms with Crippen LogP contribution in [0.4, 0.5) is 29.1 Å². The number of aliphatic imine (C=N–C) groups is 2. The zero-order valence-electron chi connectivity index (χ0n) is 18.4. The number of aromatic nitrogens is 1. The van der Waals surface area contributed by atoms with Crippen LogP contribution < -0.4 is 10.2 Å². The lowest BCUT2D eigenvalue weighted by atomic mass is 9.89. The van der Waals surface area contributed by atoms with Crippen LogP contribution in [-0.4, -0.2) is 41.4 Å². The highest BCUT2D eigenvalue weighted by Crippen LogP contribution is 2.36. The molecule has 7 nitrogen and oxygen atoms in total. The van der Waals surface area contributed by atoms with E-state index in [1.807, 2.05) is 0 Å². The average molecular weight is 474 g/mol. The van der Waals surface area contributed by atoms with E-state index >= 15 is 0 Å². The van der Waals surface area contributed by atoms with Crippen LogP contribution in [0.1, 0.15) is 37.0 Å². The number of pyridine rings is 1. The molecule has 4 rings (SSSR count). The molecule has 2 aromatic rings. The van der Waals surface area contributed by atoms with E-state index in [0.717, 1.165) is 6.07 Å². The first-order valence-electron chi connectivity index (χ1n) is 10.6. The number of nitrogens with one attached hydrogen (secondary N) is 1. The molecule has 0 bridgehead atoms. The summed E-state index contributed by atoms with van der Waals surface area (Å²) in [4.78, 5) is 14.3. The van der Waals surface area contributed by atoms with E-state index in [9.17, 15) is 22.7 Å². The van der Waals surface area contributed by atoms with Crippen molar-refractivity contribution in [3.8, 4) is 6.07 Å². The average Bonchev–Trinajstić information content (AvgIpc) is 2.77. The van der Waals surface area contributed by atoms with Crippen molar-refractivity contribution < 1.29 is 22.7 Å². The monoisotopic (exact) mass is 474 g/mol. The smallest absolute Gasteiger partial charge is 0.386 e. The molecule has 178 valence electrons. The minimum absolute atomic E-state index is 0.0667. The van der Waals surface area contributed by atoms with Gasteiger partial charge in [-0.15, -0.1) is 0 Å². The second kappa shape index (κ2) is 8.68. The van der Waals surface area contributed by atoms with Gasteiger partial charge in [-0.05, 0) is 50.6 Å². The Morgan fingerprint density at radius 3 is 2.59 bits per heavy atom. The molecule has 34 heavy (non-hydrogen) atoms. The molecule has 0 saturated carbocycles. The summed E-state index contributed by atoms with van der Waals surface area (Å²) in [5.41, 5.74) is -2.33. The number of rotatable bonds is 3. The molecule has 0 amide bonds. The van der Waals surface area contributed by atoms with Crippen molar-refractivity contribution >= 4 is 23.7 Å². The van der Waals surface area contributed by atoms with Crippen molar-refractivity contribution in [2.24, 2.45) is 15.9 Å². The summed E-state index contributed by atoms with van der Waals surface area (Å²) in [5.74, 6) is -0.184. The molecule has 2 aliphatic heterocycles. The van der Waals surface area contributed by atoms with Gasteiger partial charge in [-0.3, -0.25) is 4.99 Å². The third kappa shape index (κ3) is 4.72. The predicted molar refractivity (Wildman–Crippen MR) is 119 cm³/mol. The maximum Gasteiger partial charge on any atom is 0.417 e. The van der Waals surface area contributed by atoms with Crippen molar-refractivity contribution in [3.63, 3.8) is 0 Å². The van der Waals surface area contributed by atoms with E-state index in [4.69, 9.17) is 5.26 Å².